The first-order chi connectivity index (χ1) is 9.29. The molecule has 1 saturated heterocycles. The SMILES string of the molecule is C#CCOc1ccc(CNC(C)C2CCOC2)cc1. The molecular weight excluding hydrogens is 238 g/mol. The molecule has 0 radical (unpaired) electrons. The number of nitrogens with one attached hydrogen (secondary N) is 1. The molecule has 3 nitrogen and oxygen atoms in total. The minimum absolute atomic E-state index is 0.316. The van der Waals surface area contributed by atoms with Crippen LogP contribution in [0.4, 0.5) is 0 Å². The van der Waals surface area contributed by atoms with Gasteiger partial charge in [-0.1, -0.05) is 18.1 Å². The fourth-order valence-electron chi connectivity index (χ4n) is 2.22. The van der Waals surface area contributed by atoms with Crippen molar-refractivity contribution in [1.29, 1.82) is 0 Å². The zero-order chi connectivity index (χ0) is 13.5. The predicted octanol–water partition coefficient (Wildman–Crippen LogP) is 2.21. The van der Waals surface area contributed by atoms with Crippen LogP contribution in [-0.2, 0) is 11.3 Å². The van der Waals surface area contributed by atoms with Gasteiger partial charge in [-0.3, -0.25) is 0 Å². The molecule has 102 valence electrons. The van der Waals surface area contributed by atoms with Crippen molar-refractivity contribution in [3.63, 3.8) is 0 Å². The molecule has 1 aliphatic rings. The first-order valence-corrected chi connectivity index (χ1v) is 6.76. The summed E-state index contributed by atoms with van der Waals surface area (Å²) in [6, 6.07) is 8.53. The molecule has 0 bridgehead atoms. The number of terminal acetylenes is 1. The summed E-state index contributed by atoms with van der Waals surface area (Å²) in [6.07, 6.45) is 6.31. The van der Waals surface area contributed by atoms with E-state index in [1.54, 1.807) is 0 Å². The van der Waals surface area contributed by atoms with Gasteiger partial charge in [-0.25, -0.2) is 0 Å². The molecule has 0 aliphatic carbocycles. The van der Waals surface area contributed by atoms with Gasteiger partial charge in [0.05, 0.1) is 6.61 Å². The highest BCUT2D eigenvalue weighted by molar-refractivity contribution is 5.27. The third kappa shape index (κ3) is 4.27. The summed E-state index contributed by atoms with van der Waals surface area (Å²) in [7, 11) is 0. The number of hydrogen-bond donors (Lipinski definition) is 1. The molecule has 0 amide bonds. The van der Waals surface area contributed by atoms with E-state index in [2.05, 4.69) is 30.3 Å². The van der Waals surface area contributed by atoms with Gasteiger partial charge < -0.3 is 14.8 Å². The Morgan fingerprint density at radius 2 is 2.26 bits per heavy atom. The average Bonchev–Trinajstić information content (AvgIpc) is 2.98. The predicted molar refractivity (Wildman–Crippen MR) is 76.0 cm³/mol. The van der Waals surface area contributed by atoms with Crippen LogP contribution in [0.5, 0.6) is 5.75 Å². The third-order valence-corrected chi connectivity index (χ3v) is 3.55. The monoisotopic (exact) mass is 259 g/mol. The summed E-state index contributed by atoms with van der Waals surface area (Å²) in [5, 5.41) is 3.55. The van der Waals surface area contributed by atoms with Gasteiger partial charge in [-0.2, -0.15) is 0 Å². The van der Waals surface area contributed by atoms with Crippen molar-refractivity contribution in [2.45, 2.75) is 25.9 Å². The molecule has 1 heterocycles. The van der Waals surface area contributed by atoms with Crippen molar-refractivity contribution in [2.75, 3.05) is 19.8 Å². The molecule has 1 aromatic rings. The number of rotatable bonds is 6. The lowest BCUT2D eigenvalue weighted by Gasteiger charge is -2.19. The van der Waals surface area contributed by atoms with Gasteiger partial charge >= 0.3 is 0 Å². The number of benzene rings is 1. The molecule has 1 N–H and O–H groups in total. The Balaban J connectivity index is 1.77. The Morgan fingerprint density at radius 1 is 1.47 bits per heavy atom. The lowest BCUT2D eigenvalue weighted by atomic mass is 10.0. The number of ether oxygens (including phenoxy) is 2. The molecule has 2 atom stereocenters. The Morgan fingerprint density at radius 3 is 2.89 bits per heavy atom. The Bertz CT molecular complexity index is 415. The van der Waals surface area contributed by atoms with Crippen molar-refractivity contribution in [2.24, 2.45) is 5.92 Å². The standard InChI is InChI=1S/C16H21NO2/c1-3-9-19-16-6-4-14(5-7-16)11-17-13(2)15-8-10-18-12-15/h1,4-7,13,15,17H,8-12H2,2H3. The van der Waals surface area contributed by atoms with Crippen LogP contribution in [-0.4, -0.2) is 25.9 Å². The Labute approximate surface area is 115 Å². The lowest BCUT2D eigenvalue weighted by Crippen LogP contribution is -2.33. The maximum atomic E-state index is 5.41. The van der Waals surface area contributed by atoms with Crippen molar-refractivity contribution in [3.05, 3.63) is 29.8 Å². The topological polar surface area (TPSA) is 30.5 Å². The third-order valence-electron chi connectivity index (χ3n) is 3.55. The van der Waals surface area contributed by atoms with E-state index >= 15 is 0 Å². The van der Waals surface area contributed by atoms with Crippen LogP contribution in [0.15, 0.2) is 24.3 Å². The largest absolute Gasteiger partial charge is 0.481 e. The van der Waals surface area contributed by atoms with Crippen molar-refractivity contribution >= 4 is 0 Å². The molecular formula is C16H21NO2. The first kappa shape index (κ1) is 13.9. The Hall–Kier alpha value is -1.50. The summed E-state index contributed by atoms with van der Waals surface area (Å²) < 4.78 is 10.8. The second-order valence-electron chi connectivity index (χ2n) is 4.93. The second kappa shape index (κ2) is 7.18. The van der Waals surface area contributed by atoms with E-state index in [1.807, 2.05) is 12.1 Å². The molecule has 3 heteroatoms. The maximum Gasteiger partial charge on any atom is 0.148 e. The summed E-state index contributed by atoms with van der Waals surface area (Å²) in [5.41, 5.74) is 1.25. The van der Waals surface area contributed by atoms with Crippen LogP contribution in [0.3, 0.4) is 0 Å². The van der Waals surface area contributed by atoms with Crippen LogP contribution in [0.2, 0.25) is 0 Å². The van der Waals surface area contributed by atoms with Crippen LogP contribution >= 0.6 is 0 Å². The molecule has 1 aliphatic heterocycles. The summed E-state index contributed by atoms with van der Waals surface area (Å²) in [4.78, 5) is 0. The summed E-state index contributed by atoms with van der Waals surface area (Å²) in [5.74, 6) is 3.91. The fourth-order valence-corrected chi connectivity index (χ4v) is 2.22. The smallest absolute Gasteiger partial charge is 0.148 e. The molecule has 0 aromatic heterocycles. The molecule has 1 fully saturated rings. The van der Waals surface area contributed by atoms with Gasteiger partial charge in [0, 0.05) is 19.2 Å². The second-order valence-corrected chi connectivity index (χ2v) is 4.93. The highest BCUT2D eigenvalue weighted by Crippen LogP contribution is 2.17. The highest BCUT2D eigenvalue weighted by atomic mass is 16.5. The van der Waals surface area contributed by atoms with Crippen LogP contribution in [0.25, 0.3) is 0 Å². The normalized spacial score (nSPS) is 19.9. The minimum atomic E-state index is 0.316. The minimum Gasteiger partial charge on any atom is -0.481 e. The Kier molecular flexibility index (Phi) is 5.26. The summed E-state index contributed by atoms with van der Waals surface area (Å²) >= 11 is 0. The van der Waals surface area contributed by atoms with Crippen molar-refractivity contribution in [3.8, 4) is 18.1 Å². The van der Waals surface area contributed by atoms with Gasteiger partial charge in [-0.15, -0.1) is 6.42 Å². The molecule has 0 saturated carbocycles. The molecule has 2 unspecified atom stereocenters. The van der Waals surface area contributed by atoms with E-state index in [0.717, 1.165) is 31.9 Å². The van der Waals surface area contributed by atoms with Gasteiger partial charge in [0.15, 0.2) is 0 Å². The van der Waals surface area contributed by atoms with Crippen LogP contribution in [0, 0.1) is 18.3 Å². The quantitative estimate of drug-likeness (QED) is 0.795. The van der Waals surface area contributed by atoms with Crippen molar-refractivity contribution in [1.82, 2.24) is 5.32 Å². The summed E-state index contributed by atoms with van der Waals surface area (Å²) in [6.45, 7) is 5.19. The van der Waals surface area contributed by atoms with E-state index in [9.17, 15) is 0 Å². The zero-order valence-corrected chi connectivity index (χ0v) is 11.4. The van der Waals surface area contributed by atoms with E-state index < -0.39 is 0 Å². The van der Waals surface area contributed by atoms with Gasteiger partial charge in [-0.05, 0) is 37.0 Å². The molecule has 2 rings (SSSR count). The molecule has 19 heavy (non-hydrogen) atoms. The highest BCUT2D eigenvalue weighted by Gasteiger charge is 2.21. The number of hydrogen-bond acceptors (Lipinski definition) is 3. The van der Waals surface area contributed by atoms with E-state index in [-0.39, 0.29) is 0 Å². The first-order valence-electron chi connectivity index (χ1n) is 6.76. The maximum absolute atomic E-state index is 5.41. The zero-order valence-electron chi connectivity index (χ0n) is 11.4. The van der Waals surface area contributed by atoms with Gasteiger partial charge in [0.2, 0.25) is 0 Å². The van der Waals surface area contributed by atoms with Gasteiger partial charge in [0.1, 0.15) is 12.4 Å². The van der Waals surface area contributed by atoms with E-state index in [4.69, 9.17) is 15.9 Å². The average molecular weight is 259 g/mol. The van der Waals surface area contributed by atoms with Gasteiger partial charge in [0.25, 0.3) is 0 Å². The van der Waals surface area contributed by atoms with Crippen LogP contribution < -0.4 is 10.1 Å². The van der Waals surface area contributed by atoms with E-state index in [1.165, 1.54) is 5.56 Å². The fraction of sp³-hybridized carbons (Fsp3) is 0.500. The molecule has 1 aromatic carbocycles. The van der Waals surface area contributed by atoms with E-state index in [0.29, 0.717) is 18.6 Å². The lowest BCUT2D eigenvalue weighted by molar-refractivity contribution is 0.178. The van der Waals surface area contributed by atoms with Crippen LogP contribution in [0.1, 0.15) is 18.9 Å². The van der Waals surface area contributed by atoms with Crippen molar-refractivity contribution < 1.29 is 9.47 Å². The molecule has 0 spiro atoms.